The number of non-ortho nitro benzene ring substituents is 1. The molecule has 0 atom stereocenters. The maximum atomic E-state index is 12.1. The van der Waals surface area contributed by atoms with Crippen molar-refractivity contribution in [2.24, 2.45) is 0 Å². The summed E-state index contributed by atoms with van der Waals surface area (Å²) in [5, 5.41) is 15.4. The molecule has 2 aromatic carbocycles. The van der Waals surface area contributed by atoms with Crippen molar-refractivity contribution in [3.63, 3.8) is 0 Å². The highest BCUT2D eigenvalue weighted by Gasteiger charge is 2.20. The van der Waals surface area contributed by atoms with E-state index < -0.39 is 4.92 Å². The zero-order chi connectivity index (χ0) is 17.3. The molecule has 0 aliphatic rings. The number of hydrogen-bond donors (Lipinski definition) is 0. The van der Waals surface area contributed by atoms with Crippen molar-refractivity contribution < 1.29 is 9.72 Å². The minimum absolute atomic E-state index is 0.0126. The third-order valence-corrected chi connectivity index (χ3v) is 3.82. The van der Waals surface area contributed by atoms with Crippen LogP contribution in [0.15, 0.2) is 54.6 Å². The van der Waals surface area contributed by atoms with Gasteiger partial charge in [0.25, 0.3) is 5.69 Å². The minimum atomic E-state index is -0.448. The van der Waals surface area contributed by atoms with E-state index in [9.17, 15) is 14.9 Å². The van der Waals surface area contributed by atoms with E-state index in [4.69, 9.17) is 0 Å². The fourth-order valence-corrected chi connectivity index (χ4v) is 2.69. The molecule has 0 amide bonds. The highest BCUT2D eigenvalue weighted by molar-refractivity contribution is 6.01. The molecule has 0 radical (unpaired) electrons. The fourth-order valence-electron chi connectivity index (χ4n) is 2.69. The van der Waals surface area contributed by atoms with Crippen LogP contribution in [0.25, 0.3) is 16.9 Å². The Balaban J connectivity index is 2.16. The summed E-state index contributed by atoms with van der Waals surface area (Å²) in [6.07, 6.45) is 0. The van der Waals surface area contributed by atoms with Gasteiger partial charge in [-0.15, -0.1) is 0 Å². The number of ketones is 1. The molecule has 0 N–H and O–H groups in total. The predicted molar refractivity (Wildman–Crippen MR) is 90.4 cm³/mol. The van der Waals surface area contributed by atoms with Crippen LogP contribution in [0.2, 0.25) is 0 Å². The van der Waals surface area contributed by atoms with E-state index in [1.165, 1.54) is 19.1 Å². The summed E-state index contributed by atoms with van der Waals surface area (Å²) in [6.45, 7) is 3.33. The number of nitrogens with zero attached hydrogens (tertiary/aromatic N) is 3. The van der Waals surface area contributed by atoms with Crippen LogP contribution < -0.4 is 0 Å². The van der Waals surface area contributed by atoms with Crippen LogP contribution in [0.3, 0.4) is 0 Å². The quantitative estimate of drug-likeness (QED) is 0.414. The smallest absolute Gasteiger partial charge is 0.269 e. The van der Waals surface area contributed by atoms with Crippen LogP contribution in [0.4, 0.5) is 5.69 Å². The van der Waals surface area contributed by atoms with Crippen molar-refractivity contribution in [1.82, 2.24) is 9.78 Å². The number of Topliss-reactive ketones (excluding diaryl/α,β-unsaturated/α-hetero) is 1. The van der Waals surface area contributed by atoms with Gasteiger partial charge in [0, 0.05) is 17.7 Å². The summed E-state index contributed by atoms with van der Waals surface area (Å²) in [7, 11) is 0. The van der Waals surface area contributed by atoms with E-state index in [-0.39, 0.29) is 11.5 Å². The van der Waals surface area contributed by atoms with Gasteiger partial charge in [0.2, 0.25) is 0 Å². The third kappa shape index (κ3) is 2.69. The summed E-state index contributed by atoms with van der Waals surface area (Å²) in [4.78, 5) is 22.4. The SMILES string of the molecule is CC(=O)c1c(-c2ccccc2)nn(-c2ccc([N+](=O)[O-])cc2)c1C. The first-order chi connectivity index (χ1) is 11.5. The Bertz CT molecular complexity index is 913. The third-order valence-electron chi connectivity index (χ3n) is 3.82. The Morgan fingerprint density at radius 1 is 1.08 bits per heavy atom. The molecule has 24 heavy (non-hydrogen) atoms. The van der Waals surface area contributed by atoms with Gasteiger partial charge in [-0.2, -0.15) is 5.10 Å². The van der Waals surface area contributed by atoms with Gasteiger partial charge >= 0.3 is 0 Å². The number of aromatic nitrogens is 2. The molecule has 6 nitrogen and oxygen atoms in total. The molecule has 3 rings (SSSR count). The van der Waals surface area contributed by atoms with Crippen molar-refractivity contribution >= 4 is 11.5 Å². The summed E-state index contributed by atoms with van der Waals surface area (Å²) in [5.41, 5.74) is 3.40. The van der Waals surface area contributed by atoms with Crippen molar-refractivity contribution in [2.75, 3.05) is 0 Å². The molecule has 0 saturated carbocycles. The molecule has 0 aliphatic carbocycles. The lowest BCUT2D eigenvalue weighted by Crippen LogP contribution is -2.01. The zero-order valence-corrected chi connectivity index (χ0v) is 13.3. The molecular formula is C18H15N3O3. The van der Waals surface area contributed by atoms with Gasteiger partial charge in [0.05, 0.1) is 21.9 Å². The highest BCUT2D eigenvalue weighted by atomic mass is 16.6. The van der Waals surface area contributed by atoms with Crippen LogP contribution in [0.5, 0.6) is 0 Å². The summed E-state index contributed by atoms with van der Waals surface area (Å²) < 4.78 is 1.64. The largest absolute Gasteiger partial charge is 0.294 e. The Labute approximate surface area is 138 Å². The van der Waals surface area contributed by atoms with Crippen LogP contribution in [0, 0.1) is 17.0 Å². The van der Waals surface area contributed by atoms with Crippen LogP contribution in [0.1, 0.15) is 23.0 Å². The normalized spacial score (nSPS) is 10.6. The van der Waals surface area contributed by atoms with Gasteiger partial charge in [-0.1, -0.05) is 30.3 Å². The molecule has 0 fully saturated rings. The second-order valence-electron chi connectivity index (χ2n) is 5.42. The molecule has 0 aliphatic heterocycles. The maximum absolute atomic E-state index is 12.1. The van der Waals surface area contributed by atoms with E-state index in [0.29, 0.717) is 22.6 Å². The van der Waals surface area contributed by atoms with Crippen LogP contribution in [-0.4, -0.2) is 20.5 Å². The first-order valence-electron chi connectivity index (χ1n) is 7.40. The number of nitro groups is 1. The molecule has 120 valence electrons. The molecule has 0 spiro atoms. The zero-order valence-electron chi connectivity index (χ0n) is 13.3. The first-order valence-corrected chi connectivity index (χ1v) is 7.40. The summed E-state index contributed by atoms with van der Waals surface area (Å²) in [5.74, 6) is -0.0699. The van der Waals surface area contributed by atoms with Gasteiger partial charge in [-0.25, -0.2) is 4.68 Å². The summed E-state index contributed by atoms with van der Waals surface area (Å²) >= 11 is 0. The number of carbonyl (C=O) groups excluding carboxylic acids is 1. The van der Waals surface area contributed by atoms with Crippen LogP contribution in [-0.2, 0) is 0 Å². The topological polar surface area (TPSA) is 78.0 Å². The fraction of sp³-hybridized carbons (Fsp3) is 0.111. The number of carbonyl (C=O) groups is 1. The molecule has 6 heteroatoms. The summed E-state index contributed by atoms with van der Waals surface area (Å²) in [6, 6.07) is 15.6. The average Bonchev–Trinajstić information content (AvgIpc) is 2.93. The lowest BCUT2D eigenvalue weighted by Gasteiger charge is -2.04. The Hall–Kier alpha value is -3.28. The number of nitro benzene ring substituents is 1. The van der Waals surface area contributed by atoms with E-state index in [2.05, 4.69) is 5.10 Å². The second kappa shape index (κ2) is 6.08. The molecule has 3 aromatic rings. The standard InChI is InChI=1S/C18H15N3O3/c1-12-17(13(2)22)18(14-6-4-3-5-7-14)19-20(12)15-8-10-16(11-9-15)21(23)24/h3-11H,1-2H3. The van der Waals surface area contributed by atoms with Crippen molar-refractivity contribution in [2.45, 2.75) is 13.8 Å². The Kier molecular flexibility index (Phi) is 3.95. The average molecular weight is 321 g/mol. The molecule has 0 saturated heterocycles. The van der Waals surface area contributed by atoms with Crippen LogP contribution >= 0.6 is 0 Å². The van der Waals surface area contributed by atoms with Gasteiger partial charge in [0.15, 0.2) is 5.78 Å². The minimum Gasteiger partial charge on any atom is -0.294 e. The van der Waals surface area contributed by atoms with Crippen molar-refractivity contribution in [1.29, 1.82) is 0 Å². The second-order valence-corrected chi connectivity index (χ2v) is 5.42. The maximum Gasteiger partial charge on any atom is 0.269 e. The van der Waals surface area contributed by atoms with Gasteiger partial charge < -0.3 is 0 Å². The highest BCUT2D eigenvalue weighted by Crippen LogP contribution is 2.28. The van der Waals surface area contributed by atoms with E-state index in [1.54, 1.807) is 16.8 Å². The lowest BCUT2D eigenvalue weighted by molar-refractivity contribution is -0.384. The lowest BCUT2D eigenvalue weighted by atomic mass is 10.0. The Morgan fingerprint density at radius 2 is 1.71 bits per heavy atom. The van der Waals surface area contributed by atoms with Crippen molar-refractivity contribution in [3.8, 4) is 16.9 Å². The van der Waals surface area contributed by atoms with Gasteiger partial charge in [-0.05, 0) is 26.0 Å². The molecule has 0 unspecified atom stereocenters. The van der Waals surface area contributed by atoms with Gasteiger partial charge in [-0.3, -0.25) is 14.9 Å². The van der Waals surface area contributed by atoms with E-state index >= 15 is 0 Å². The molecular weight excluding hydrogens is 306 g/mol. The first kappa shape index (κ1) is 15.6. The number of benzene rings is 2. The van der Waals surface area contributed by atoms with Gasteiger partial charge in [0.1, 0.15) is 5.69 Å². The molecule has 1 heterocycles. The van der Waals surface area contributed by atoms with Crippen molar-refractivity contribution in [3.05, 3.63) is 76.0 Å². The van der Waals surface area contributed by atoms with E-state index in [1.807, 2.05) is 37.3 Å². The Morgan fingerprint density at radius 3 is 2.25 bits per heavy atom. The number of rotatable bonds is 4. The van der Waals surface area contributed by atoms with E-state index in [0.717, 1.165) is 5.56 Å². The number of hydrogen-bond acceptors (Lipinski definition) is 4. The monoisotopic (exact) mass is 321 g/mol. The molecule has 0 bridgehead atoms. The predicted octanol–water partition coefficient (Wildman–Crippen LogP) is 3.96. The molecule has 1 aromatic heterocycles.